The molecule has 0 saturated carbocycles. The number of benzene rings is 1. The highest BCUT2D eigenvalue weighted by atomic mass is 32.2. The largest absolute Gasteiger partial charge is 0.478 e. The van der Waals surface area contributed by atoms with Crippen LogP contribution in [0.5, 0.6) is 0 Å². The van der Waals surface area contributed by atoms with E-state index in [2.05, 4.69) is 0 Å². The molecule has 1 N–H and O–H groups in total. The van der Waals surface area contributed by atoms with Crippen molar-refractivity contribution in [2.75, 3.05) is 0 Å². The number of furan rings is 1. The molecule has 1 heterocycles. The fourth-order valence-electron chi connectivity index (χ4n) is 2.13. The molecule has 0 saturated heterocycles. The highest BCUT2D eigenvalue weighted by Gasteiger charge is 2.22. The van der Waals surface area contributed by atoms with Crippen LogP contribution >= 0.6 is 0 Å². The van der Waals surface area contributed by atoms with Crippen molar-refractivity contribution >= 4 is 15.8 Å². The summed E-state index contributed by atoms with van der Waals surface area (Å²) in [5.41, 5.74) is 1.49. The van der Waals surface area contributed by atoms with Gasteiger partial charge >= 0.3 is 5.97 Å². The molecule has 0 aliphatic carbocycles. The van der Waals surface area contributed by atoms with Gasteiger partial charge in [0.1, 0.15) is 22.8 Å². The third-order valence-corrected chi connectivity index (χ3v) is 4.98. The van der Waals surface area contributed by atoms with E-state index >= 15 is 0 Å². The van der Waals surface area contributed by atoms with Gasteiger partial charge in [0.2, 0.25) is 0 Å². The molecular formula is C15H16O5S. The third-order valence-electron chi connectivity index (χ3n) is 3.21. The second-order valence-electron chi connectivity index (χ2n) is 5.02. The van der Waals surface area contributed by atoms with Crippen molar-refractivity contribution in [3.8, 4) is 0 Å². The number of carboxylic acids is 1. The van der Waals surface area contributed by atoms with Crippen LogP contribution in [0.25, 0.3) is 0 Å². The topological polar surface area (TPSA) is 84.6 Å². The Hall–Kier alpha value is -2.08. The summed E-state index contributed by atoms with van der Waals surface area (Å²) in [4.78, 5) is 11.2. The summed E-state index contributed by atoms with van der Waals surface area (Å²) in [6, 6.07) is 6.46. The summed E-state index contributed by atoms with van der Waals surface area (Å²) in [6.07, 6.45) is 0. The van der Waals surface area contributed by atoms with E-state index in [1.54, 1.807) is 19.1 Å². The zero-order valence-corrected chi connectivity index (χ0v) is 12.8. The number of aryl methyl sites for hydroxylation is 3. The molecule has 0 bridgehead atoms. The number of carbonyl (C=O) groups is 1. The molecule has 5 nitrogen and oxygen atoms in total. The van der Waals surface area contributed by atoms with Crippen molar-refractivity contribution in [1.29, 1.82) is 0 Å². The molecule has 1 aromatic carbocycles. The second kappa shape index (κ2) is 5.37. The maximum absolute atomic E-state index is 12.5. The molecule has 0 amide bonds. The van der Waals surface area contributed by atoms with Crippen molar-refractivity contribution in [3.63, 3.8) is 0 Å². The predicted octanol–water partition coefficient (Wildman–Crippen LogP) is 2.88. The summed E-state index contributed by atoms with van der Waals surface area (Å²) < 4.78 is 30.2. The Labute approximate surface area is 123 Å². The number of hydrogen-bond donors (Lipinski definition) is 1. The zero-order chi connectivity index (χ0) is 15.8. The summed E-state index contributed by atoms with van der Waals surface area (Å²) in [7, 11) is -3.58. The lowest BCUT2D eigenvalue weighted by Gasteiger charge is -2.07. The zero-order valence-electron chi connectivity index (χ0n) is 12.0. The Morgan fingerprint density at radius 2 is 1.86 bits per heavy atom. The number of rotatable bonds is 4. The van der Waals surface area contributed by atoms with E-state index in [1.807, 2.05) is 13.0 Å². The summed E-state index contributed by atoms with van der Waals surface area (Å²) >= 11 is 0. The molecule has 0 radical (unpaired) electrons. The lowest BCUT2D eigenvalue weighted by atomic mass is 10.2. The predicted molar refractivity (Wildman–Crippen MR) is 77.2 cm³/mol. The average Bonchev–Trinajstić information content (AvgIpc) is 2.72. The van der Waals surface area contributed by atoms with E-state index in [0.29, 0.717) is 5.56 Å². The van der Waals surface area contributed by atoms with Gasteiger partial charge < -0.3 is 9.52 Å². The Morgan fingerprint density at radius 3 is 2.43 bits per heavy atom. The van der Waals surface area contributed by atoms with E-state index in [0.717, 1.165) is 5.56 Å². The first kappa shape index (κ1) is 15.3. The fraction of sp³-hybridized carbons (Fsp3) is 0.267. The molecule has 6 heteroatoms. The van der Waals surface area contributed by atoms with Crippen LogP contribution in [0.1, 0.15) is 33.0 Å². The molecule has 0 spiro atoms. The standard InChI is InChI=1S/C15H16O5S/c1-9-4-5-10(2)14(6-9)21(18,19)8-12-7-13(15(16)17)11(3)20-12/h4-7H,8H2,1-3H3,(H,16,17). The van der Waals surface area contributed by atoms with Crippen LogP contribution in [0.4, 0.5) is 0 Å². The maximum Gasteiger partial charge on any atom is 0.339 e. The smallest absolute Gasteiger partial charge is 0.339 e. The van der Waals surface area contributed by atoms with E-state index in [1.165, 1.54) is 13.0 Å². The van der Waals surface area contributed by atoms with Crippen molar-refractivity contribution < 1.29 is 22.7 Å². The van der Waals surface area contributed by atoms with E-state index in [-0.39, 0.29) is 27.7 Å². The quantitative estimate of drug-likeness (QED) is 0.938. The molecule has 2 aromatic rings. The van der Waals surface area contributed by atoms with E-state index in [4.69, 9.17) is 9.52 Å². The minimum atomic E-state index is -3.58. The monoisotopic (exact) mass is 308 g/mol. The molecule has 1 aromatic heterocycles. The van der Waals surface area contributed by atoms with Crippen LogP contribution in [0.3, 0.4) is 0 Å². The van der Waals surface area contributed by atoms with Gasteiger partial charge in [0, 0.05) is 0 Å². The Balaban J connectivity index is 2.40. The number of hydrogen-bond acceptors (Lipinski definition) is 4. The van der Waals surface area contributed by atoms with Crippen LogP contribution in [0.15, 0.2) is 33.6 Å². The third kappa shape index (κ3) is 3.16. The molecule has 21 heavy (non-hydrogen) atoms. The van der Waals surface area contributed by atoms with Crippen LogP contribution in [0, 0.1) is 20.8 Å². The van der Waals surface area contributed by atoms with Gasteiger partial charge in [-0.1, -0.05) is 12.1 Å². The van der Waals surface area contributed by atoms with Gasteiger partial charge in [-0.15, -0.1) is 0 Å². The number of carboxylic acid groups (broad SMARTS) is 1. The molecule has 2 rings (SSSR count). The average molecular weight is 308 g/mol. The molecule has 0 aliphatic rings. The molecule has 0 fully saturated rings. The van der Waals surface area contributed by atoms with E-state index in [9.17, 15) is 13.2 Å². The van der Waals surface area contributed by atoms with Gasteiger partial charge in [0.05, 0.1) is 4.90 Å². The molecule has 0 aliphatic heterocycles. The maximum atomic E-state index is 12.5. The van der Waals surface area contributed by atoms with Crippen LogP contribution in [-0.2, 0) is 15.6 Å². The molecular weight excluding hydrogens is 292 g/mol. The lowest BCUT2D eigenvalue weighted by Crippen LogP contribution is -2.06. The van der Waals surface area contributed by atoms with Crippen molar-refractivity contribution in [2.24, 2.45) is 0 Å². The highest BCUT2D eigenvalue weighted by Crippen LogP contribution is 2.24. The van der Waals surface area contributed by atoms with E-state index < -0.39 is 15.8 Å². The lowest BCUT2D eigenvalue weighted by molar-refractivity contribution is 0.0695. The fourth-order valence-corrected chi connectivity index (χ4v) is 3.73. The second-order valence-corrected chi connectivity index (χ2v) is 6.97. The Morgan fingerprint density at radius 1 is 1.19 bits per heavy atom. The first-order valence-corrected chi connectivity index (χ1v) is 7.98. The first-order chi connectivity index (χ1) is 9.70. The molecule has 0 atom stereocenters. The van der Waals surface area contributed by atoms with Crippen LogP contribution in [0.2, 0.25) is 0 Å². The summed E-state index contributed by atoms with van der Waals surface area (Å²) in [5, 5.41) is 8.97. The van der Waals surface area contributed by atoms with Crippen molar-refractivity contribution in [2.45, 2.75) is 31.4 Å². The van der Waals surface area contributed by atoms with Crippen molar-refractivity contribution in [1.82, 2.24) is 0 Å². The van der Waals surface area contributed by atoms with Gasteiger partial charge in [-0.05, 0) is 44.0 Å². The Kier molecular flexibility index (Phi) is 3.91. The summed E-state index contributed by atoms with van der Waals surface area (Å²) in [5.74, 6) is -1.16. The minimum absolute atomic E-state index is 0.0128. The highest BCUT2D eigenvalue weighted by molar-refractivity contribution is 7.90. The number of aromatic carboxylic acids is 1. The van der Waals surface area contributed by atoms with Crippen molar-refractivity contribution in [3.05, 3.63) is 52.5 Å². The first-order valence-electron chi connectivity index (χ1n) is 6.33. The van der Waals surface area contributed by atoms with Crippen LogP contribution in [-0.4, -0.2) is 19.5 Å². The van der Waals surface area contributed by atoms with Crippen LogP contribution < -0.4 is 0 Å². The molecule has 0 unspecified atom stereocenters. The van der Waals surface area contributed by atoms with Gasteiger partial charge in [0.25, 0.3) is 0 Å². The SMILES string of the molecule is Cc1ccc(C)c(S(=O)(=O)Cc2cc(C(=O)O)c(C)o2)c1. The van der Waals surface area contributed by atoms with Gasteiger partial charge in [-0.3, -0.25) is 0 Å². The minimum Gasteiger partial charge on any atom is -0.478 e. The van der Waals surface area contributed by atoms with Gasteiger partial charge in [-0.25, -0.2) is 13.2 Å². The Bertz CT molecular complexity index is 799. The number of sulfone groups is 1. The summed E-state index contributed by atoms with van der Waals surface area (Å²) in [6.45, 7) is 5.04. The van der Waals surface area contributed by atoms with Gasteiger partial charge in [0.15, 0.2) is 9.84 Å². The molecule has 112 valence electrons. The van der Waals surface area contributed by atoms with Gasteiger partial charge in [-0.2, -0.15) is 0 Å². The normalized spacial score (nSPS) is 11.6.